The fourth-order valence-corrected chi connectivity index (χ4v) is 3.55. The molecule has 1 aliphatic rings. The third-order valence-corrected chi connectivity index (χ3v) is 4.71. The molecule has 1 fully saturated rings. The molecule has 1 saturated carbocycles. The highest BCUT2D eigenvalue weighted by Gasteiger charge is 2.18. The van der Waals surface area contributed by atoms with Crippen LogP contribution in [0, 0.1) is 5.92 Å². The summed E-state index contributed by atoms with van der Waals surface area (Å²) in [5.41, 5.74) is 0. The first kappa shape index (κ1) is 11.3. The van der Waals surface area contributed by atoms with Gasteiger partial charge in [0.15, 0.2) is 5.78 Å². The fourth-order valence-electron chi connectivity index (χ4n) is 2.22. The maximum Gasteiger partial charge on any atom is 0.173 e. The molecule has 3 heteroatoms. The molecule has 2 rings (SSSR count). The Kier molecular flexibility index (Phi) is 3.98. The lowest BCUT2D eigenvalue weighted by molar-refractivity contribution is 0.0954. The topological polar surface area (TPSA) is 17.1 Å². The minimum Gasteiger partial charge on any atom is -0.293 e. The first-order valence-corrected chi connectivity index (χ1v) is 7.15. The zero-order valence-corrected chi connectivity index (χ0v) is 11.1. The Morgan fingerprint density at radius 3 is 2.67 bits per heavy atom. The minimum absolute atomic E-state index is 0.331. The number of Topliss-reactive ketones (excluding diaryl/α,β-unsaturated/α-hetero) is 1. The smallest absolute Gasteiger partial charge is 0.173 e. The molecule has 0 amide bonds. The van der Waals surface area contributed by atoms with Gasteiger partial charge >= 0.3 is 0 Å². The van der Waals surface area contributed by atoms with Crippen LogP contribution >= 0.6 is 27.3 Å². The second-order valence-electron chi connectivity index (χ2n) is 4.24. The van der Waals surface area contributed by atoms with E-state index in [1.807, 2.05) is 12.1 Å². The summed E-state index contributed by atoms with van der Waals surface area (Å²) in [6.07, 6.45) is 7.23. The molecule has 82 valence electrons. The van der Waals surface area contributed by atoms with Crippen molar-refractivity contribution in [1.29, 1.82) is 0 Å². The molecule has 0 radical (unpaired) electrons. The predicted molar refractivity (Wildman–Crippen MR) is 67.5 cm³/mol. The predicted octanol–water partition coefficient (Wildman–Crippen LogP) is 4.66. The normalized spacial score (nSPS) is 17.9. The summed E-state index contributed by atoms with van der Waals surface area (Å²) < 4.78 is 1.05. The summed E-state index contributed by atoms with van der Waals surface area (Å²) >= 11 is 4.94. The van der Waals surface area contributed by atoms with E-state index in [2.05, 4.69) is 15.9 Å². The molecule has 0 unspecified atom stereocenters. The van der Waals surface area contributed by atoms with Crippen LogP contribution in [0.4, 0.5) is 0 Å². The number of ketones is 1. The lowest BCUT2D eigenvalue weighted by Crippen LogP contribution is -2.11. The van der Waals surface area contributed by atoms with E-state index in [-0.39, 0.29) is 0 Å². The summed E-state index contributed by atoms with van der Waals surface area (Å²) in [5, 5.41) is 0. The summed E-state index contributed by atoms with van der Waals surface area (Å²) in [4.78, 5) is 12.8. The number of hydrogen-bond donors (Lipinski definition) is 0. The molecule has 1 aromatic heterocycles. The van der Waals surface area contributed by atoms with Gasteiger partial charge in [-0.1, -0.05) is 32.1 Å². The van der Waals surface area contributed by atoms with E-state index < -0.39 is 0 Å². The van der Waals surface area contributed by atoms with Crippen molar-refractivity contribution < 1.29 is 4.79 Å². The number of rotatable bonds is 3. The van der Waals surface area contributed by atoms with Gasteiger partial charge in [0.05, 0.1) is 8.66 Å². The molecule has 0 saturated heterocycles. The number of halogens is 1. The fraction of sp³-hybridized carbons (Fsp3) is 0.583. The van der Waals surface area contributed by atoms with Crippen molar-refractivity contribution in [1.82, 2.24) is 0 Å². The van der Waals surface area contributed by atoms with Crippen LogP contribution in [0.5, 0.6) is 0 Å². The third-order valence-electron chi connectivity index (χ3n) is 3.05. The summed E-state index contributed by atoms with van der Waals surface area (Å²) in [7, 11) is 0. The van der Waals surface area contributed by atoms with Gasteiger partial charge in [-0.15, -0.1) is 11.3 Å². The highest BCUT2D eigenvalue weighted by molar-refractivity contribution is 9.11. The first-order valence-electron chi connectivity index (χ1n) is 5.54. The van der Waals surface area contributed by atoms with Gasteiger partial charge in [0.2, 0.25) is 0 Å². The van der Waals surface area contributed by atoms with Gasteiger partial charge in [-0.05, 0) is 34.0 Å². The van der Waals surface area contributed by atoms with E-state index in [0.717, 1.165) is 15.1 Å². The van der Waals surface area contributed by atoms with Gasteiger partial charge < -0.3 is 0 Å². The molecule has 0 bridgehead atoms. The molecular formula is C12H15BrOS. The van der Waals surface area contributed by atoms with Crippen molar-refractivity contribution in [2.24, 2.45) is 5.92 Å². The number of carbonyl (C=O) groups is 1. The van der Waals surface area contributed by atoms with Gasteiger partial charge in [-0.25, -0.2) is 0 Å². The van der Waals surface area contributed by atoms with E-state index in [9.17, 15) is 4.79 Å². The Hall–Kier alpha value is -0.150. The standard InChI is InChI=1S/C12H15BrOS/c13-12-7-6-11(15-12)10(14)8-9-4-2-1-3-5-9/h6-7,9H,1-5,8H2. The van der Waals surface area contributed by atoms with E-state index in [4.69, 9.17) is 0 Å². The van der Waals surface area contributed by atoms with Crippen LogP contribution < -0.4 is 0 Å². The maximum atomic E-state index is 11.9. The van der Waals surface area contributed by atoms with Crippen molar-refractivity contribution in [2.45, 2.75) is 38.5 Å². The lowest BCUT2D eigenvalue weighted by Gasteiger charge is -2.20. The van der Waals surface area contributed by atoms with Crippen LogP contribution in [0.2, 0.25) is 0 Å². The molecule has 0 atom stereocenters. The van der Waals surface area contributed by atoms with Crippen molar-refractivity contribution in [3.63, 3.8) is 0 Å². The molecule has 1 nitrogen and oxygen atoms in total. The molecule has 0 aromatic carbocycles. The average molecular weight is 287 g/mol. The zero-order valence-electron chi connectivity index (χ0n) is 8.67. The maximum absolute atomic E-state index is 11.9. The molecule has 0 N–H and O–H groups in total. The summed E-state index contributed by atoms with van der Waals surface area (Å²) in [5.74, 6) is 0.977. The molecule has 0 aliphatic heterocycles. The third kappa shape index (κ3) is 3.15. The molecule has 0 spiro atoms. The molecule has 1 aromatic rings. The van der Waals surface area contributed by atoms with E-state index in [1.54, 1.807) is 11.3 Å². The van der Waals surface area contributed by atoms with Crippen molar-refractivity contribution in [3.8, 4) is 0 Å². The highest BCUT2D eigenvalue weighted by Crippen LogP contribution is 2.29. The van der Waals surface area contributed by atoms with Crippen molar-refractivity contribution in [3.05, 3.63) is 20.8 Å². The highest BCUT2D eigenvalue weighted by atomic mass is 79.9. The Balaban J connectivity index is 1.91. The Labute approximate surface area is 103 Å². The van der Waals surface area contributed by atoms with Crippen molar-refractivity contribution in [2.75, 3.05) is 0 Å². The Bertz CT molecular complexity index is 339. The minimum atomic E-state index is 0.331. The quantitative estimate of drug-likeness (QED) is 0.739. The van der Waals surface area contributed by atoms with E-state index in [0.29, 0.717) is 11.7 Å². The van der Waals surface area contributed by atoms with Crippen LogP contribution in [0.3, 0.4) is 0 Å². The summed E-state index contributed by atoms with van der Waals surface area (Å²) in [6, 6.07) is 3.89. The second-order valence-corrected chi connectivity index (χ2v) is 6.70. The van der Waals surface area contributed by atoms with Crippen LogP contribution in [0.25, 0.3) is 0 Å². The Morgan fingerprint density at radius 1 is 1.33 bits per heavy atom. The van der Waals surface area contributed by atoms with Gasteiger partial charge in [0.1, 0.15) is 0 Å². The molecule has 1 aliphatic carbocycles. The molecular weight excluding hydrogens is 272 g/mol. The van der Waals surface area contributed by atoms with E-state index in [1.165, 1.54) is 32.1 Å². The SMILES string of the molecule is O=C(CC1CCCCC1)c1ccc(Br)s1. The first-order chi connectivity index (χ1) is 7.25. The Morgan fingerprint density at radius 2 is 2.07 bits per heavy atom. The number of carbonyl (C=O) groups excluding carboxylic acids is 1. The lowest BCUT2D eigenvalue weighted by atomic mass is 9.85. The van der Waals surface area contributed by atoms with Crippen LogP contribution in [-0.2, 0) is 0 Å². The second kappa shape index (κ2) is 5.26. The average Bonchev–Trinajstić information content (AvgIpc) is 2.66. The molecule has 1 heterocycles. The summed E-state index contributed by atoms with van der Waals surface area (Å²) in [6.45, 7) is 0. The van der Waals surface area contributed by atoms with E-state index >= 15 is 0 Å². The largest absolute Gasteiger partial charge is 0.293 e. The van der Waals surface area contributed by atoms with Gasteiger partial charge in [0, 0.05) is 6.42 Å². The van der Waals surface area contributed by atoms with Gasteiger partial charge in [0.25, 0.3) is 0 Å². The number of hydrogen-bond acceptors (Lipinski definition) is 2. The monoisotopic (exact) mass is 286 g/mol. The molecule has 15 heavy (non-hydrogen) atoms. The van der Waals surface area contributed by atoms with Crippen LogP contribution in [0.1, 0.15) is 48.2 Å². The van der Waals surface area contributed by atoms with Gasteiger partial charge in [-0.2, -0.15) is 0 Å². The number of thiophene rings is 1. The van der Waals surface area contributed by atoms with Crippen LogP contribution in [-0.4, -0.2) is 5.78 Å². The van der Waals surface area contributed by atoms with Gasteiger partial charge in [-0.3, -0.25) is 4.79 Å². The van der Waals surface area contributed by atoms with Crippen LogP contribution in [0.15, 0.2) is 15.9 Å². The van der Waals surface area contributed by atoms with Crippen molar-refractivity contribution >= 4 is 33.0 Å². The zero-order chi connectivity index (χ0) is 10.7.